The van der Waals surface area contributed by atoms with Crippen LogP contribution in [-0.2, 0) is 10.2 Å². The molecule has 102 valence electrons. The number of allylic oxidation sites excluding steroid dienone is 5. The zero-order chi connectivity index (χ0) is 14.3. The van der Waals surface area contributed by atoms with Crippen LogP contribution >= 0.6 is 0 Å². The summed E-state index contributed by atoms with van der Waals surface area (Å²) in [6.07, 6.45) is 8.13. The molecule has 20 heavy (non-hydrogen) atoms. The Balaban J connectivity index is 2.25. The number of Topliss-reactive ketones (excluding diaryl/α,β-unsaturated/α-hetero) is 1. The van der Waals surface area contributed by atoms with Crippen LogP contribution in [0.4, 0.5) is 0 Å². The van der Waals surface area contributed by atoms with E-state index in [9.17, 15) is 4.79 Å². The fourth-order valence-electron chi connectivity index (χ4n) is 3.71. The molecule has 0 heterocycles. The Hall–Kier alpha value is -1.89. The summed E-state index contributed by atoms with van der Waals surface area (Å²) in [4.78, 5) is 13.2. The molecule has 0 spiro atoms. The third-order valence-electron chi connectivity index (χ3n) is 5.11. The topological polar surface area (TPSA) is 17.1 Å². The second kappa shape index (κ2) is 4.59. The summed E-state index contributed by atoms with van der Waals surface area (Å²) < 4.78 is 0. The lowest BCUT2D eigenvalue weighted by molar-refractivity contribution is -0.129. The van der Waals surface area contributed by atoms with Gasteiger partial charge in [-0.25, -0.2) is 0 Å². The lowest BCUT2D eigenvalue weighted by Gasteiger charge is -2.46. The molecule has 0 N–H and O–H groups in total. The van der Waals surface area contributed by atoms with E-state index < -0.39 is 5.41 Å². The number of fused-ring (bicyclic) bond motifs is 2. The Labute approximate surface area is 120 Å². The second-order valence-corrected chi connectivity index (χ2v) is 5.95. The SMILES string of the molecule is C=C1C(C)C2C=CC=CC(c3ccccc3)(C2=O)C1C. The highest BCUT2D eigenvalue weighted by atomic mass is 16.1. The average molecular weight is 264 g/mol. The fraction of sp³-hybridized carbons (Fsp3) is 0.316. The lowest BCUT2D eigenvalue weighted by atomic mass is 9.55. The van der Waals surface area contributed by atoms with Gasteiger partial charge in [-0.1, -0.05) is 80.6 Å². The molecule has 0 aromatic heterocycles. The van der Waals surface area contributed by atoms with Gasteiger partial charge in [0.25, 0.3) is 0 Å². The molecule has 4 atom stereocenters. The molecule has 2 aliphatic rings. The molecule has 0 aliphatic heterocycles. The molecule has 3 rings (SSSR count). The van der Waals surface area contributed by atoms with Gasteiger partial charge in [0.15, 0.2) is 5.78 Å². The van der Waals surface area contributed by atoms with Crippen molar-refractivity contribution in [3.63, 3.8) is 0 Å². The highest BCUT2D eigenvalue weighted by Gasteiger charge is 2.52. The highest BCUT2D eigenvalue weighted by Crippen LogP contribution is 2.50. The Morgan fingerprint density at radius 1 is 1.10 bits per heavy atom. The van der Waals surface area contributed by atoms with Crippen LogP contribution in [0.5, 0.6) is 0 Å². The number of benzene rings is 1. The molecule has 2 bridgehead atoms. The van der Waals surface area contributed by atoms with Crippen molar-refractivity contribution in [1.82, 2.24) is 0 Å². The van der Waals surface area contributed by atoms with Crippen molar-refractivity contribution in [3.8, 4) is 0 Å². The maximum Gasteiger partial charge on any atom is 0.155 e. The van der Waals surface area contributed by atoms with Crippen molar-refractivity contribution in [1.29, 1.82) is 0 Å². The molecule has 1 fully saturated rings. The Kier molecular flexibility index (Phi) is 3.01. The minimum absolute atomic E-state index is 0.0612. The predicted molar refractivity (Wildman–Crippen MR) is 82.4 cm³/mol. The summed E-state index contributed by atoms with van der Waals surface area (Å²) in [7, 11) is 0. The van der Waals surface area contributed by atoms with E-state index in [1.807, 2.05) is 36.4 Å². The van der Waals surface area contributed by atoms with E-state index in [0.717, 1.165) is 5.56 Å². The molecular weight excluding hydrogens is 244 g/mol. The zero-order valence-electron chi connectivity index (χ0n) is 12.0. The number of carbonyl (C=O) groups excluding carboxylic acids is 1. The molecule has 1 aromatic carbocycles. The van der Waals surface area contributed by atoms with Crippen LogP contribution in [0.2, 0.25) is 0 Å². The minimum Gasteiger partial charge on any atom is -0.298 e. The monoisotopic (exact) mass is 264 g/mol. The molecular formula is C19H20O. The van der Waals surface area contributed by atoms with Crippen LogP contribution in [0.25, 0.3) is 0 Å². The summed E-state index contributed by atoms with van der Waals surface area (Å²) in [5, 5.41) is 0. The standard InChI is InChI=1S/C19H20O/c1-13-14(2)17-11-7-8-12-19(15(13)3,18(17)20)16-9-5-4-6-10-16/h4-12,14-15,17H,1H2,2-3H3. The largest absolute Gasteiger partial charge is 0.298 e. The third kappa shape index (κ3) is 1.59. The summed E-state index contributed by atoms with van der Waals surface area (Å²) >= 11 is 0. The van der Waals surface area contributed by atoms with E-state index in [-0.39, 0.29) is 17.8 Å². The van der Waals surface area contributed by atoms with Crippen LogP contribution in [0, 0.1) is 17.8 Å². The Morgan fingerprint density at radius 2 is 1.80 bits per heavy atom. The van der Waals surface area contributed by atoms with Gasteiger partial charge in [0, 0.05) is 5.92 Å². The molecule has 0 saturated heterocycles. The van der Waals surface area contributed by atoms with Crippen molar-refractivity contribution in [2.24, 2.45) is 17.8 Å². The maximum atomic E-state index is 13.2. The van der Waals surface area contributed by atoms with Gasteiger partial charge in [0.05, 0.1) is 5.41 Å². The van der Waals surface area contributed by atoms with E-state index in [2.05, 4.69) is 38.6 Å². The summed E-state index contributed by atoms with van der Waals surface area (Å²) in [5.41, 5.74) is 1.70. The highest BCUT2D eigenvalue weighted by molar-refractivity contribution is 5.98. The molecule has 1 aromatic rings. The zero-order valence-corrected chi connectivity index (χ0v) is 12.0. The smallest absolute Gasteiger partial charge is 0.155 e. The van der Waals surface area contributed by atoms with Gasteiger partial charge in [0.1, 0.15) is 0 Å². The number of rotatable bonds is 1. The molecule has 4 unspecified atom stereocenters. The van der Waals surface area contributed by atoms with Crippen LogP contribution in [0.1, 0.15) is 19.4 Å². The molecule has 2 aliphatic carbocycles. The Morgan fingerprint density at radius 3 is 2.50 bits per heavy atom. The van der Waals surface area contributed by atoms with E-state index in [1.165, 1.54) is 5.57 Å². The first-order valence-electron chi connectivity index (χ1n) is 7.23. The van der Waals surface area contributed by atoms with Crippen LogP contribution < -0.4 is 0 Å². The summed E-state index contributed by atoms with van der Waals surface area (Å²) in [5.74, 6) is 0.584. The minimum atomic E-state index is -0.557. The van der Waals surface area contributed by atoms with Crippen molar-refractivity contribution in [2.45, 2.75) is 19.3 Å². The van der Waals surface area contributed by atoms with Crippen LogP contribution in [-0.4, -0.2) is 5.78 Å². The van der Waals surface area contributed by atoms with Crippen LogP contribution in [0.3, 0.4) is 0 Å². The van der Waals surface area contributed by atoms with Gasteiger partial charge >= 0.3 is 0 Å². The number of hydrogen-bond donors (Lipinski definition) is 0. The van der Waals surface area contributed by atoms with E-state index in [1.54, 1.807) is 0 Å². The molecule has 0 radical (unpaired) electrons. The normalized spacial score (nSPS) is 36.0. The van der Waals surface area contributed by atoms with Gasteiger partial charge in [-0.2, -0.15) is 0 Å². The van der Waals surface area contributed by atoms with Gasteiger partial charge in [-0.15, -0.1) is 0 Å². The first kappa shape index (κ1) is 13.1. The Bertz CT molecular complexity index is 608. The van der Waals surface area contributed by atoms with Crippen molar-refractivity contribution < 1.29 is 4.79 Å². The number of carbonyl (C=O) groups is 1. The number of hydrogen-bond acceptors (Lipinski definition) is 1. The molecule has 1 nitrogen and oxygen atoms in total. The summed E-state index contributed by atoms with van der Waals surface area (Å²) in [6, 6.07) is 10.1. The van der Waals surface area contributed by atoms with E-state index in [4.69, 9.17) is 0 Å². The van der Waals surface area contributed by atoms with Crippen molar-refractivity contribution in [3.05, 3.63) is 72.4 Å². The summed E-state index contributed by atoms with van der Waals surface area (Å²) in [6.45, 7) is 8.54. The average Bonchev–Trinajstić information content (AvgIpc) is 2.63. The van der Waals surface area contributed by atoms with Crippen molar-refractivity contribution >= 4 is 5.78 Å². The second-order valence-electron chi connectivity index (χ2n) is 5.95. The molecule has 0 amide bonds. The predicted octanol–water partition coefficient (Wildman–Crippen LogP) is 4.08. The quantitative estimate of drug-likeness (QED) is 0.699. The van der Waals surface area contributed by atoms with E-state index >= 15 is 0 Å². The van der Waals surface area contributed by atoms with Gasteiger partial charge in [-0.3, -0.25) is 4.79 Å². The molecule has 1 saturated carbocycles. The third-order valence-corrected chi connectivity index (χ3v) is 5.11. The first-order chi connectivity index (χ1) is 9.59. The molecule has 1 heteroatoms. The first-order valence-corrected chi connectivity index (χ1v) is 7.23. The van der Waals surface area contributed by atoms with Gasteiger partial charge in [-0.05, 0) is 17.4 Å². The van der Waals surface area contributed by atoms with E-state index in [0.29, 0.717) is 5.78 Å². The lowest BCUT2D eigenvalue weighted by Crippen LogP contribution is -2.50. The number of ketones is 1. The van der Waals surface area contributed by atoms with Gasteiger partial charge < -0.3 is 0 Å². The van der Waals surface area contributed by atoms with Crippen LogP contribution in [0.15, 0.2) is 66.8 Å². The van der Waals surface area contributed by atoms with Crippen molar-refractivity contribution in [2.75, 3.05) is 0 Å². The van der Waals surface area contributed by atoms with Gasteiger partial charge in [0.2, 0.25) is 0 Å². The fourth-order valence-corrected chi connectivity index (χ4v) is 3.71. The maximum absolute atomic E-state index is 13.2.